The van der Waals surface area contributed by atoms with Gasteiger partial charge < -0.3 is 35.1 Å². The van der Waals surface area contributed by atoms with E-state index in [2.05, 4.69) is 10.6 Å². The van der Waals surface area contributed by atoms with E-state index in [9.17, 15) is 15.0 Å². The number of ketones is 1. The monoisotopic (exact) mass is 388 g/mol. The maximum absolute atomic E-state index is 12.1. The Hall–Kier alpha value is -0.0300. The van der Waals surface area contributed by atoms with E-state index < -0.39 is 48.9 Å². The molecule has 2 aliphatic heterocycles. The van der Waals surface area contributed by atoms with Crippen molar-refractivity contribution in [3.05, 3.63) is 0 Å². The summed E-state index contributed by atoms with van der Waals surface area (Å²) in [5.74, 6) is -0.0724. The Balaban J connectivity index is 0.00000144. The van der Waals surface area contributed by atoms with Gasteiger partial charge in [-0.2, -0.15) is 0 Å². The molecule has 2 saturated heterocycles. The molecular weight excluding hydrogens is 363 g/mol. The molecule has 0 unspecified atom stereocenters. The highest BCUT2D eigenvalue weighted by Gasteiger charge is 2.57. The van der Waals surface area contributed by atoms with Crippen molar-refractivity contribution >= 4 is 30.6 Å². The van der Waals surface area contributed by atoms with E-state index in [1.807, 2.05) is 0 Å². The number of aliphatic hydroxyl groups is 2. The lowest BCUT2D eigenvalue weighted by molar-refractivity contribution is -0.340. The lowest BCUT2D eigenvalue weighted by Gasteiger charge is -2.53. The van der Waals surface area contributed by atoms with Crippen LogP contribution in [0.1, 0.15) is 13.3 Å². The molecule has 1 saturated carbocycles. The molecule has 142 valence electrons. The summed E-state index contributed by atoms with van der Waals surface area (Å²) in [7, 11) is 3.37. The summed E-state index contributed by atoms with van der Waals surface area (Å²) in [5.41, 5.74) is 0. The zero-order valence-electron chi connectivity index (χ0n) is 13.7. The van der Waals surface area contributed by atoms with Gasteiger partial charge >= 0.3 is 0 Å². The molecule has 9 atom stereocenters. The summed E-state index contributed by atoms with van der Waals surface area (Å²) < 4.78 is 17.4. The lowest BCUT2D eigenvalue weighted by atomic mass is 9.80. The van der Waals surface area contributed by atoms with Crippen LogP contribution < -0.4 is 10.6 Å². The highest BCUT2D eigenvalue weighted by Crippen LogP contribution is 2.35. The normalized spacial score (nSPS) is 47.7. The molecule has 3 aliphatic rings. The van der Waals surface area contributed by atoms with Crippen molar-refractivity contribution in [1.29, 1.82) is 0 Å². The molecule has 1 aliphatic carbocycles. The fourth-order valence-electron chi connectivity index (χ4n) is 3.69. The average molecular weight is 389 g/mol. The van der Waals surface area contributed by atoms with Crippen LogP contribution in [0.25, 0.3) is 0 Å². The summed E-state index contributed by atoms with van der Waals surface area (Å²) in [6.45, 7) is 1.80. The molecule has 0 spiro atoms. The quantitative estimate of drug-likeness (QED) is 0.457. The standard InChI is InChI=1S/C14H24N2O6.2ClH/c1-5-4-6(17)11-14(20-5)22-13-10(19)7(15-2)9(18)8(16-3)12(13)21-11;;/h5,7-16,18-19H,4H2,1-3H3;2*1H/t5-,7-,8+,9+,10+,11+,12-,13-,14+;;/m1../s1. The molecule has 3 rings (SSSR count). The maximum atomic E-state index is 12.1. The molecule has 10 heteroatoms. The highest BCUT2D eigenvalue weighted by molar-refractivity contribution is 5.85. The first-order valence-corrected chi connectivity index (χ1v) is 7.67. The van der Waals surface area contributed by atoms with Gasteiger partial charge in [0.05, 0.1) is 24.3 Å². The fourth-order valence-corrected chi connectivity index (χ4v) is 3.69. The zero-order chi connectivity index (χ0) is 16.0. The number of carbonyl (C=O) groups excluding carboxylic acids is 1. The van der Waals surface area contributed by atoms with Crippen LogP contribution in [0, 0.1) is 0 Å². The SMILES string of the molecule is CN[C@@H]1[C@H](O)[C@H](NC)[C@H]2O[C@H]3C(=O)C[C@@H](C)O[C@H]3O[C@@H]2[C@H]1O.Cl.Cl. The Morgan fingerprint density at radius 2 is 1.58 bits per heavy atom. The Bertz CT molecular complexity index is 445. The van der Waals surface area contributed by atoms with Gasteiger partial charge in [-0.05, 0) is 21.0 Å². The first kappa shape index (κ1) is 22.0. The van der Waals surface area contributed by atoms with Crippen LogP contribution in [0.3, 0.4) is 0 Å². The number of fused-ring (bicyclic) bond motifs is 2. The molecule has 0 aromatic heterocycles. The van der Waals surface area contributed by atoms with Gasteiger partial charge in [0.1, 0.15) is 18.3 Å². The Labute approximate surface area is 153 Å². The number of Topliss-reactive ketones (excluding diaryl/α,β-unsaturated/α-hetero) is 1. The summed E-state index contributed by atoms with van der Waals surface area (Å²) >= 11 is 0. The van der Waals surface area contributed by atoms with Crippen LogP contribution in [0.15, 0.2) is 0 Å². The van der Waals surface area contributed by atoms with E-state index in [1.165, 1.54) is 0 Å². The number of likely N-dealkylation sites (N-methyl/N-ethyl adjacent to an activating group) is 2. The Morgan fingerprint density at radius 1 is 0.958 bits per heavy atom. The summed E-state index contributed by atoms with van der Waals surface area (Å²) in [4.78, 5) is 12.1. The first-order valence-electron chi connectivity index (χ1n) is 7.67. The third kappa shape index (κ3) is 3.58. The van der Waals surface area contributed by atoms with E-state index in [1.54, 1.807) is 21.0 Å². The minimum atomic E-state index is -0.966. The number of ether oxygens (including phenoxy) is 3. The van der Waals surface area contributed by atoms with Gasteiger partial charge in [-0.1, -0.05) is 0 Å². The van der Waals surface area contributed by atoms with Crippen LogP contribution in [0.4, 0.5) is 0 Å². The Kier molecular flexibility index (Phi) is 7.86. The number of aliphatic hydroxyl groups excluding tert-OH is 2. The van der Waals surface area contributed by atoms with Crippen molar-refractivity contribution in [2.24, 2.45) is 0 Å². The second-order valence-electron chi connectivity index (χ2n) is 6.22. The topological polar surface area (TPSA) is 109 Å². The third-order valence-corrected chi connectivity index (χ3v) is 4.80. The van der Waals surface area contributed by atoms with E-state index in [-0.39, 0.29) is 43.1 Å². The summed E-state index contributed by atoms with van der Waals surface area (Å²) in [6, 6.07) is -1.02. The van der Waals surface area contributed by atoms with Crippen molar-refractivity contribution in [2.75, 3.05) is 14.1 Å². The molecule has 0 amide bonds. The highest BCUT2D eigenvalue weighted by atomic mass is 35.5. The number of rotatable bonds is 2. The van der Waals surface area contributed by atoms with Gasteiger partial charge in [0.25, 0.3) is 0 Å². The third-order valence-electron chi connectivity index (χ3n) is 4.80. The number of carbonyl (C=O) groups is 1. The van der Waals surface area contributed by atoms with Gasteiger partial charge in [0, 0.05) is 6.42 Å². The summed E-state index contributed by atoms with van der Waals surface area (Å²) in [6.07, 6.45) is -4.72. The van der Waals surface area contributed by atoms with Crippen LogP contribution >= 0.6 is 24.8 Å². The molecular formula is C14H26Cl2N2O6. The second-order valence-corrected chi connectivity index (χ2v) is 6.22. The summed E-state index contributed by atoms with van der Waals surface area (Å²) in [5, 5.41) is 26.8. The molecule has 4 N–H and O–H groups in total. The number of nitrogens with one attached hydrogen (secondary N) is 2. The lowest BCUT2D eigenvalue weighted by Crippen LogP contribution is -2.75. The van der Waals surface area contributed by atoms with Crippen LogP contribution in [-0.4, -0.2) is 85.1 Å². The maximum Gasteiger partial charge on any atom is 0.191 e. The van der Waals surface area contributed by atoms with Crippen molar-refractivity contribution < 1.29 is 29.2 Å². The van der Waals surface area contributed by atoms with Gasteiger partial charge in [-0.15, -0.1) is 24.8 Å². The average Bonchev–Trinajstić information content (AvgIpc) is 2.47. The second kappa shape index (κ2) is 8.57. The van der Waals surface area contributed by atoms with E-state index in [0.717, 1.165) is 0 Å². The molecule has 0 aromatic carbocycles. The van der Waals surface area contributed by atoms with Crippen LogP contribution in [0.2, 0.25) is 0 Å². The smallest absolute Gasteiger partial charge is 0.191 e. The first-order chi connectivity index (χ1) is 10.5. The van der Waals surface area contributed by atoms with E-state index in [0.29, 0.717) is 0 Å². The van der Waals surface area contributed by atoms with Crippen molar-refractivity contribution in [3.63, 3.8) is 0 Å². The molecule has 24 heavy (non-hydrogen) atoms. The molecule has 8 nitrogen and oxygen atoms in total. The van der Waals surface area contributed by atoms with Gasteiger partial charge in [0.2, 0.25) is 0 Å². The molecule has 3 fully saturated rings. The van der Waals surface area contributed by atoms with Crippen LogP contribution in [0.5, 0.6) is 0 Å². The predicted molar refractivity (Wildman–Crippen MR) is 89.7 cm³/mol. The van der Waals surface area contributed by atoms with E-state index in [4.69, 9.17) is 14.2 Å². The van der Waals surface area contributed by atoms with Gasteiger partial charge in [-0.3, -0.25) is 4.79 Å². The van der Waals surface area contributed by atoms with Crippen LogP contribution in [-0.2, 0) is 19.0 Å². The minimum absolute atomic E-state index is 0. The number of hydrogen-bond acceptors (Lipinski definition) is 8. The predicted octanol–water partition coefficient (Wildman–Crippen LogP) is -1.40. The van der Waals surface area contributed by atoms with Gasteiger partial charge in [-0.25, -0.2) is 0 Å². The largest absolute Gasteiger partial charge is 0.390 e. The number of halogens is 2. The number of hydrogen-bond donors (Lipinski definition) is 4. The molecule has 0 aromatic rings. The van der Waals surface area contributed by atoms with Crippen molar-refractivity contribution in [3.8, 4) is 0 Å². The van der Waals surface area contributed by atoms with Gasteiger partial charge in [0.15, 0.2) is 18.2 Å². The zero-order valence-corrected chi connectivity index (χ0v) is 15.4. The minimum Gasteiger partial charge on any atom is -0.390 e. The van der Waals surface area contributed by atoms with E-state index >= 15 is 0 Å². The molecule has 2 heterocycles. The van der Waals surface area contributed by atoms with Crippen molar-refractivity contribution in [1.82, 2.24) is 10.6 Å². The Morgan fingerprint density at radius 3 is 2.17 bits per heavy atom. The molecule has 0 bridgehead atoms. The fraction of sp³-hybridized carbons (Fsp3) is 0.929. The van der Waals surface area contributed by atoms with Crippen molar-refractivity contribution in [2.45, 2.75) is 68.3 Å². The molecule has 0 radical (unpaired) electrons.